The molecule has 21 heavy (non-hydrogen) atoms. The van der Waals surface area contributed by atoms with Crippen LogP contribution in [0, 0.1) is 13.8 Å². The minimum Gasteiger partial charge on any atom is -0.361 e. The molecule has 0 spiro atoms. The molecule has 2 aromatic heterocycles. The number of carbonyl (C=O) groups is 1. The van der Waals surface area contributed by atoms with E-state index in [-0.39, 0.29) is 5.91 Å². The Balaban J connectivity index is 1.83. The molecule has 0 aliphatic carbocycles. The molecule has 0 atom stereocenters. The Morgan fingerprint density at radius 1 is 1.19 bits per heavy atom. The number of carbonyl (C=O) groups excluding carboxylic acids is 1. The molecule has 0 aliphatic rings. The van der Waals surface area contributed by atoms with Gasteiger partial charge in [-0.15, -0.1) is 0 Å². The van der Waals surface area contributed by atoms with Gasteiger partial charge >= 0.3 is 0 Å². The maximum Gasteiger partial charge on any atom is 0.253 e. The second-order valence-corrected chi connectivity index (χ2v) is 4.95. The molecule has 0 aliphatic heterocycles. The summed E-state index contributed by atoms with van der Waals surface area (Å²) < 4.78 is 0. The van der Waals surface area contributed by atoms with Crippen molar-refractivity contribution in [2.24, 2.45) is 0 Å². The van der Waals surface area contributed by atoms with Crippen LogP contribution in [-0.2, 0) is 6.54 Å². The molecule has 0 radical (unpaired) electrons. The standard InChI is InChI=1S/C16H16N4O/c1-10-14(11(2)20-9-19-10)8-18-16(21)13-5-3-4-12-6-7-17-15(12)13/h3-7,9,17H,8H2,1-2H3,(H,18,21). The van der Waals surface area contributed by atoms with Gasteiger partial charge in [0.2, 0.25) is 0 Å². The van der Waals surface area contributed by atoms with Gasteiger partial charge in [0.05, 0.1) is 11.1 Å². The number of benzene rings is 1. The van der Waals surface area contributed by atoms with Gasteiger partial charge in [0.1, 0.15) is 6.33 Å². The minimum absolute atomic E-state index is 0.106. The third-order valence-corrected chi connectivity index (χ3v) is 3.63. The lowest BCUT2D eigenvalue weighted by Crippen LogP contribution is -2.24. The molecule has 2 heterocycles. The van der Waals surface area contributed by atoms with Gasteiger partial charge in [-0.2, -0.15) is 0 Å². The Morgan fingerprint density at radius 2 is 1.95 bits per heavy atom. The summed E-state index contributed by atoms with van der Waals surface area (Å²) in [7, 11) is 0. The summed E-state index contributed by atoms with van der Waals surface area (Å²) >= 11 is 0. The Labute approximate surface area is 122 Å². The molecule has 0 saturated heterocycles. The van der Waals surface area contributed by atoms with Crippen molar-refractivity contribution in [3.63, 3.8) is 0 Å². The number of hydrogen-bond donors (Lipinski definition) is 2. The van der Waals surface area contributed by atoms with Crippen LogP contribution in [0.2, 0.25) is 0 Å². The highest BCUT2D eigenvalue weighted by Gasteiger charge is 2.12. The molecular weight excluding hydrogens is 264 g/mol. The lowest BCUT2D eigenvalue weighted by atomic mass is 10.1. The highest BCUT2D eigenvalue weighted by atomic mass is 16.1. The predicted octanol–water partition coefficient (Wildman–Crippen LogP) is 2.50. The number of fused-ring (bicyclic) bond motifs is 1. The van der Waals surface area contributed by atoms with Crippen molar-refractivity contribution in [1.82, 2.24) is 20.3 Å². The van der Waals surface area contributed by atoms with E-state index in [0.717, 1.165) is 27.9 Å². The summed E-state index contributed by atoms with van der Waals surface area (Å²) in [6.07, 6.45) is 3.37. The zero-order valence-electron chi connectivity index (χ0n) is 12.0. The molecule has 5 heteroatoms. The van der Waals surface area contributed by atoms with Crippen LogP contribution in [0.5, 0.6) is 0 Å². The molecule has 1 aromatic carbocycles. The van der Waals surface area contributed by atoms with Crippen molar-refractivity contribution < 1.29 is 4.79 Å². The van der Waals surface area contributed by atoms with E-state index in [4.69, 9.17) is 0 Å². The summed E-state index contributed by atoms with van der Waals surface area (Å²) in [4.78, 5) is 23.8. The number of aryl methyl sites for hydroxylation is 2. The summed E-state index contributed by atoms with van der Waals surface area (Å²) in [6, 6.07) is 7.62. The van der Waals surface area contributed by atoms with Crippen LogP contribution in [0.15, 0.2) is 36.8 Å². The molecule has 3 aromatic rings. The topological polar surface area (TPSA) is 70.7 Å². The van der Waals surface area contributed by atoms with E-state index in [2.05, 4.69) is 20.3 Å². The number of hydrogen-bond acceptors (Lipinski definition) is 3. The van der Waals surface area contributed by atoms with Gasteiger partial charge in [0, 0.05) is 35.1 Å². The fourth-order valence-corrected chi connectivity index (χ4v) is 2.41. The van der Waals surface area contributed by atoms with Gasteiger partial charge in [-0.1, -0.05) is 12.1 Å². The van der Waals surface area contributed by atoms with Crippen LogP contribution in [0.4, 0.5) is 0 Å². The predicted molar refractivity (Wildman–Crippen MR) is 81.0 cm³/mol. The number of aromatic amines is 1. The fraction of sp³-hybridized carbons (Fsp3) is 0.188. The van der Waals surface area contributed by atoms with Gasteiger partial charge in [-0.3, -0.25) is 4.79 Å². The quantitative estimate of drug-likeness (QED) is 0.774. The third kappa shape index (κ3) is 2.50. The molecular formula is C16H16N4O. The maximum absolute atomic E-state index is 12.4. The third-order valence-electron chi connectivity index (χ3n) is 3.63. The molecule has 0 unspecified atom stereocenters. The number of nitrogens with one attached hydrogen (secondary N) is 2. The van der Waals surface area contributed by atoms with Crippen LogP contribution in [0.3, 0.4) is 0 Å². The average Bonchev–Trinajstić information content (AvgIpc) is 2.94. The first-order chi connectivity index (χ1) is 10.2. The van der Waals surface area contributed by atoms with Crippen LogP contribution in [0.1, 0.15) is 27.3 Å². The highest BCUT2D eigenvalue weighted by Crippen LogP contribution is 2.17. The fourth-order valence-electron chi connectivity index (χ4n) is 2.41. The molecule has 106 valence electrons. The van der Waals surface area contributed by atoms with Crippen molar-refractivity contribution in [2.75, 3.05) is 0 Å². The number of amides is 1. The molecule has 0 fully saturated rings. The smallest absolute Gasteiger partial charge is 0.253 e. The SMILES string of the molecule is Cc1ncnc(C)c1CNC(=O)c1cccc2cc[nH]c12. The normalized spacial score (nSPS) is 10.8. The second-order valence-electron chi connectivity index (χ2n) is 4.95. The first-order valence-corrected chi connectivity index (χ1v) is 6.78. The van der Waals surface area contributed by atoms with Gasteiger partial charge < -0.3 is 10.3 Å². The van der Waals surface area contributed by atoms with Gasteiger partial charge in [0.25, 0.3) is 5.91 Å². The van der Waals surface area contributed by atoms with Crippen LogP contribution in [0.25, 0.3) is 10.9 Å². The lowest BCUT2D eigenvalue weighted by Gasteiger charge is -2.10. The zero-order valence-corrected chi connectivity index (χ0v) is 12.0. The number of aromatic nitrogens is 3. The monoisotopic (exact) mass is 280 g/mol. The first kappa shape index (κ1) is 13.3. The summed E-state index contributed by atoms with van der Waals surface area (Å²) in [5.41, 5.74) is 4.24. The number of para-hydroxylation sites is 1. The highest BCUT2D eigenvalue weighted by molar-refractivity contribution is 6.05. The Kier molecular flexibility index (Phi) is 3.39. The van der Waals surface area contributed by atoms with Crippen LogP contribution in [-0.4, -0.2) is 20.9 Å². The average molecular weight is 280 g/mol. The molecule has 0 bridgehead atoms. The van der Waals surface area contributed by atoms with Crippen molar-refractivity contribution in [1.29, 1.82) is 0 Å². The van der Waals surface area contributed by atoms with Crippen LogP contribution >= 0.6 is 0 Å². The first-order valence-electron chi connectivity index (χ1n) is 6.78. The Bertz CT molecular complexity index is 787. The van der Waals surface area contributed by atoms with Gasteiger partial charge in [-0.05, 0) is 26.0 Å². The Morgan fingerprint density at radius 3 is 2.71 bits per heavy atom. The van der Waals surface area contributed by atoms with E-state index in [9.17, 15) is 4.79 Å². The van der Waals surface area contributed by atoms with E-state index in [1.54, 1.807) is 0 Å². The summed E-state index contributed by atoms with van der Waals surface area (Å²) in [5, 5.41) is 3.97. The lowest BCUT2D eigenvalue weighted by molar-refractivity contribution is 0.0952. The second kappa shape index (κ2) is 5.36. The number of rotatable bonds is 3. The van der Waals surface area contributed by atoms with E-state index in [1.165, 1.54) is 6.33 Å². The van der Waals surface area contributed by atoms with Crippen LogP contribution < -0.4 is 5.32 Å². The molecule has 1 amide bonds. The zero-order chi connectivity index (χ0) is 14.8. The molecule has 5 nitrogen and oxygen atoms in total. The van der Waals surface area contributed by atoms with E-state index < -0.39 is 0 Å². The largest absolute Gasteiger partial charge is 0.361 e. The molecule has 3 rings (SSSR count). The summed E-state index contributed by atoms with van der Waals surface area (Å²) in [6.45, 7) is 4.26. The van der Waals surface area contributed by atoms with Crippen molar-refractivity contribution >= 4 is 16.8 Å². The summed E-state index contributed by atoms with van der Waals surface area (Å²) in [5.74, 6) is -0.106. The number of H-pyrrole nitrogens is 1. The number of nitrogens with zero attached hydrogens (tertiary/aromatic N) is 2. The Hall–Kier alpha value is -2.69. The molecule has 2 N–H and O–H groups in total. The van der Waals surface area contributed by atoms with E-state index >= 15 is 0 Å². The van der Waals surface area contributed by atoms with Crippen molar-refractivity contribution in [2.45, 2.75) is 20.4 Å². The molecule has 0 saturated carbocycles. The van der Waals surface area contributed by atoms with Crippen molar-refractivity contribution in [3.05, 3.63) is 59.3 Å². The van der Waals surface area contributed by atoms with E-state index in [0.29, 0.717) is 12.1 Å². The van der Waals surface area contributed by atoms with Gasteiger partial charge in [0.15, 0.2) is 0 Å². The maximum atomic E-state index is 12.4. The van der Waals surface area contributed by atoms with Crippen molar-refractivity contribution in [3.8, 4) is 0 Å². The van der Waals surface area contributed by atoms with E-state index in [1.807, 2.05) is 44.3 Å². The minimum atomic E-state index is -0.106. The van der Waals surface area contributed by atoms with Gasteiger partial charge in [-0.25, -0.2) is 9.97 Å².